The van der Waals surface area contributed by atoms with E-state index < -0.39 is 47.6 Å². The molecule has 2 aromatic carbocycles. The van der Waals surface area contributed by atoms with Crippen LogP contribution in [-0.2, 0) is 25.7 Å². The summed E-state index contributed by atoms with van der Waals surface area (Å²) in [6.45, 7) is 1.47. The molecule has 0 radical (unpaired) electrons. The number of imide groups is 2. The maximum atomic E-state index is 13.0. The largest absolute Gasteiger partial charge is 0.480 e. The van der Waals surface area contributed by atoms with Crippen LogP contribution in [-0.4, -0.2) is 104 Å². The van der Waals surface area contributed by atoms with E-state index >= 15 is 0 Å². The van der Waals surface area contributed by atoms with E-state index in [1.165, 1.54) is 0 Å². The molecule has 9 N–H and O–H groups in total. The molecule has 2 aliphatic rings. The fraction of sp³-hybridized carbons (Fsp3) is 0.390. The van der Waals surface area contributed by atoms with Crippen LogP contribution in [0.15, 0.2) is 48.7 Å². The molecule has 0 bridgehead atoms. The molecule has 0 aliphatic carbocycles. The summed E-state index contributed by atoms with van der Waals surface area (Å²) in [4.78, 5) is 107. The number of hydrogen-bond acceptors (Lipinski definition) is 15. The van der Waals surface area contributed by atoms with Gasteiger partial charge in [0.15, 0.2) is 17.0 Å². The summed E-state index contributed by atoms with van der Waals surface area (Å²) in [6, 6.07) is 9.26. The number of unbranched alkanes of at least 4 members (excludes halogenated alkanes) is 5. The van der Waals surface area contributed by atoms with E-state index in [0.29, 0.717) is 36.5 Å². The van der Waals surface area contributed by atoms with Gasteiger partial charge in [0.25, 0.3) is 17.7 Å². The van der Waals surface area contributed by atoms with Crippen LogP contribution in [0.5, 0.6) is 0 Å². The monoisotopic (exact) mass is 836 g/mol. The number of amides is 6. The van der Waals surface area contributed by atoms with Crippen LogP contribution in [0.4, 0.5) is 23.1 Å². The Labute approximate surface area is 350 Å². The lowest BCUT2D eigenvalue weighted by molar-refractivity contribution is -0.140. The van der Waals surface area contributed by atoms with E-state index in [2.05, 4.69) is 41.2 Å². The number of benzene rings is 2. The lowest BCUT2D eigenvalue weighted by Gasteiger charge is -2.27. The number of nitrogens with zero attached hydrogens (tertiary/aromatic N) is 6. The summed E-state index contributed by atoms with van der Waals surface area (Å²) in [5.41, 5.74) is 14.9. The Hall–Kier alpha value is -7.25. The van der Waals surface area contributed by atoms with Crippen molar-refractivity contribution in [3.63, 3.8) is 0 Å². The number of rotatable bonds is 20. The molecule has 1 saturated heterocycles. The molecule has 6 amide bonds. The van der Waals surface area contributed by atoms with Gasteiger partial charge < -0.3 is 37.4 Å². The maximum Gasteiger partial charge on any atom is 0.326 e. The van der Waals surface area contributed by atoms with E-state index in [4.69, 9.17) is 11.5 Å². The third-order valence-corrected chi connectivity index (χ3v) is 10.4. The van der Waals surface area contributed by atoms with Crippen molar-refractivity contribution in [1.29, 1.82) is 0 Å². The summed E-state index contributed by atoms with van der Waals surface area (Å²) in [5, 5.41) is 20.5. The van der Waals surface area contributed by atoms with Crippen molar-refractivity contribution in [2.24, 2.45) is 0 Å². The van der Waals surface area contributed by atoms with Crippen LogP contribution in [0.3, 0.4) is 0 Å². The normalized spacial score (nSPS) is 15.3. The number of anilines is 4. The van der Waals surface area contributed by atoms with Crippen LogP contribution in [0, 0.1) is 0 Å². The number of fused-ring (bicyclic) bond motifs is 2. The van der Waals surface area contributed by atoms with E-state index in [0.717, 1.165) is 49.1 Å². The highest BCUT2D eigenvalue weighted by atomic mass is 16.4. The molecule has 0 spiro atoms. The smallest absolute Gasteiger partial charge is 0.326 e. The molecule has 1 fully saturated rings. The van der Waals surface area contributed by atoms with Crippen molar-refractivity contribution in [1.82, 2.24) is 40.8 Å². The van der Waals surface area contributed by atoms with E-state index in [1.54, 1.807) is 48.7 Å². The average molecular weight is 837 g/mol. The second-order valence-electron chi connectivity index (χ2n) is 14.9. The Morgan fingerprint density at radius 3 is 2.34 bits per heavy atom. The maximum absolute atomic E-state index is 13.0. The molecule has 2 atom stereocenters. The third-order valence-electron chi connectivity index (χ3n) is 10.4. The van der Waals surface area contributed by atoms with Gasteiger partial charge in [-0.15, -0.1) is 0 Å². The molecule has 2 unspecified atom stereocenters. The second-order valence-corrected chi connectivity index (χ2v) is 14.9. The Bertz CT molecular complexity index is 2340. The van der Waals surface area contributed by atoms with Gasteiger partial charge in [-0.05, 0) is 68.1 Å². The van der Waals surface area contributed by atoms with Gasteiger partial charge in [0.2, 0.25) is 23.7 Å². The molecule has 4 heterocycles. The fourth-order valence-electron chi connectivity index (χ4n) is 7.12. The number of carboxylic acids is 1. The van der Waals surface area contributed by atoms with Gasteiger partial charge in [0.05, 0.1) is 29.6 Å². The van der Waals surface area contributed by atoms with Crippen LogP contribution < -0.4 is 37.6 Å². The van der Waals surface area contributed by atoms with Gasteiger partial charge in [0.1, 0.15) is 12.1 Å². The minimum absolute atomic E-state index is 0.00607. The van der Waals surface area contributed by atoms with Crippen LogP contribution in [0.25, 0.3) is 11.2 Å². The van der Waals surface area contributed by atoms with Gasteiger partial charge in [-0.3, -0.25) is 39.0 Å². The van der Waals surface area contributed by atoms with Gasteiger partial charge in [-0.2, -0.15) is 9.97 Å². The fourth-order valence-corrected chi connectivity index (χ4v) is 7.12. The summed E-state index contributed by atoms with van der Waals surface area (Å²) < 4.78 is 0. The molecule has 6 rings (SSSR count). The standard InChI is InChI=1S/C41H48N12O8/c1-52(22-25-21-46-35-33(47-25)34(42)50-41(43)51-35)26-11-8-23(9-12-26)36(56)48-29(40(60)61)14-16-31(54)45-19-7-5-3-2-4-6-18-44-24-10-13-27-28(20-24)39(59)53(38(27)58)30-15-17-32(55)49-37(30)57/h8-13,20-21,29-30,44H,2-7,14-19,22H2,1H3,(H,45,54)(H,48,56)(H,60,61)(H,49,55,57)(H4,42,43,46,50,51). The highest BCUT2D eigenvalue weighted by molar-refractivity contribution is 6.23. The highest BCUT2D eigenvalue weighted by Gasteiger charge is 2.44. The van der Waals surface area contributed by atoms with Crippen molar-refractivity contribution in [3.05, 3.63) is 71.0 Å². The zero-order valence-electron chi connectivity index (χ0n) is 33.6. The summed E-state index contributed by atoms with van der Waals surface area (Å²) >= 11 is 0. The Kier molecular flexibility index (Phi) is 14.0. The number of aliphatic carboxylic acids is 1. The molecule has 20 nitrogen and oxygen atoms in total. The van der Waals surface area contributed by atoms with Crippen LogP contribution >= 0.6 is 0 Å². The van der Waals surface area contributed by atoms with Crippen LogP contribution in [0.1, 0.15) is 101 Å². The molecule has 61 heavy (non-hydrogen) atoms. The lowest BCUT2D eigenvalue weighted by atomic mass is 10.0. The van der Waals surface area contributed by atoms with E-state index in [9.17, 15) is 38.7 Å². The Morgan fingerprint density at radius 2 is 1.62 bits per heavy atom. The molecular weight excluding hydrogens is 789 g/mol. The molecule has 320 valence electrons. The van der Waals surface area contributed by atoms with Gasteiger partial charge in [-0.1, -0.05) is 25.7 Å². The number of piperidine rings is 1. The number of aromatic nitrogens is 4. The van der Waals surface area contributed by atoms with Gasteiger partial charge in [0, 0.05) is 49.9 Å². The van der Waals surface area contributed by atoms with Gasteiger partial charge >= 0.3 is 5.97 Å². The molecule has 2 aliphatic heterocycles. The first kappa shape index (κ1) is 43.3. The lowest BCUT2D eigenvalue weighted by Crippen LogP contribution is -2.54. The minimum atomic E-state index is -1.25. The highest BCUT2D eigenvalue weighted by Crippen LogP contribution is 2.30. The van der Waals surface area contributed by atoms with Crippen molar-refractivity contribution >= 4 is 75.7 Å². The topological polar surface area (TPSA) is 298 Å². The van der Waals surface area contributed by atoms with E-state index in [-0.39, 0.29) is 65.7 Å². The zero-order valence-corrected chi connectivity index (χ0v) is 33.6. The molecule has 4 aromatic rings. The first-order chi connectivity index (χ1) is 29.3. The van der Waals surface area contributed by atoms with Crippen molar-refractivity contribution < 1.29 is 38.7 Å². The van der Waals surface area contributed by atoms with E-state index in [1.807, 2.05) is 11.9 Å². The summed E-state index contributed by atoms with van der Waals surface area (Å²) in [7, 11) is 1.83. The predicted octanol–water partition coefficient (Wildman–Crippen LogP) is 2.15. The summed E-state index contributed by atoms with van der Waals surface area (Å²) in [6.07, 6.45) is 7.03. The number of carbonyl (C=O) groups excluding carboxylic acids is 6. The van der Waals surface area contributed by atoms with Crippen molar-refractivity contribution in [2.45, 2.75) is 82.8 Å². The second kappa shape index (κ2) is 19.7. The number of hydrogen-bond donors (Lipinski definition) is 7. The molecular formula is C41H48N12O8. The molecule has 2 aromatic heterocycles. The molecule has 20 heteroatoms. The zero-order chi connectivity index (χ0) is 43.6. The first-order valence-corrected chi connectivity index (χ1v) is 20.0. The Morgan fingerprint density at radius 1 is 0.918 bits per heavy atom. The number of nitrogens with one attached hydrogen (secondary N) is 4. The third kappa shape index (κ3) is 10.9. The first-order valence-electron chi connectivity index (χ1n) is 20.0. The Balaban J connectivity index is 0.827. The van der Waals surface area contributed by atoms with Crippen molar-refractivity contribution in [3.8, 4) is 0 Å². The number of carbonyl (C=O) groups is 7. The summed E-state index contributed by atoms with van der Waals surface area (Å²) in [5.74, 6) is -4.14. The minimum Gasteiger partial charge on any atom is -0.480 e. The SMILES string of the molecule is CN(Cc1cnc2nc(N)nc(N)c2n1)c1ccc(C(=O)NC(CCC(=O)NCCCCCCCCNc2ccc3c(c2)C(=O)N(C2CCC(=O)NC2=O)C3=O)C(=O)O)cc1. The quantitative estimate of drug-likeness (QED) is 0.0496. The number of carboxylic acid groups (broad SMARTS) is 1. The predicted molar refractivity (Wildman–Crippen MR) is 223 cm³/mol. The molecule has 0 saturated carbocycles. The van der Waals surface area contributed by atoms with Gasteiger partial charge in [-0.25, -0.2) is 14.8 Å². The van der Waals surface area contributed by atoms with Crippen molar-refractivity contribution in [2.75, 3.05) is 41.8 Å². The number of nitrogen functional groups attached to an aromatic ring is 2. The average Bonchev–Trinajstić information content (AvgIpc) is 3.47. The number of nitrogens with two attached hydrogens (primary N) is 2. The van der Waals surface area contributed by atoms with Crippen LogP contribution in [0.2, 0.25) is 0 Å².